The molecule has 4 aromatic rings. The summed E-state index contributed by atoms with van der Waals surface area (Å²) in [7, 11) is 3.26. The van der Waals surface area contributed by atoms with Crippen LogP contribution in [0.25, 0.3) is 22.0 Å². The largest absolute Gasteiger partial charge is 0.454 e. The van der Waals surface area contributed by atoms with Crippen LogP contribution in [0.2, 0.25) is 0 Å². The van der Waals surface area contributed by atoms with E-state index in [1.165, 1.54) is 22.6 Å². The van der Waals surface area contributed by atoms with Gasteiger partial charge in [0.1, 0.15) is 17.1 Å². The highest BCUT2D eigenvalue weighted by Crippen LogP contribution is 2.39. The van der Waals surface area contributed by atoms with Crippen LogP contribution in [0.1, 0.15) is 6.92 Å². The van der Waals surface area contributed by atoms with Gasteiger partial charge in [-0.25, -0.2) is 8.78 Å². The van der Waals surface area contributed by atoms with Gasteiger partial charge in [-0.05, 0) is 30.3 Å². The van der Waals surface area contributed by atoms with Crippen molar-refractivity contribution in [1.82, 2.24) is 14.3 Å². The van der Waals surface area contributed by atoms with Crippen LogP contribution in [0.15, 0.2) is 53.6 Å². The van der Waals surface area contributed by atoms with E-state index < -0.39 is 11.6 Å². The van der Waals surface area contributed by atoms with Gasteiger partial charge in [0.2, 0.25) is 0 Å². The highest BCUT2D eigenvalue weighted by Gasteiger charge is 2.19. The number of halogens is 2. The Balaban J connectivity index is 1.89. The molecule has 0 fully saturated rings. The lowest BCUT2D eigenvalue weighted by Crippen LogP contribution is -2.16. The molecular weight excluding hydrogens is 462 g/mol. The van der Waals surface area contributed by atoms with Gasteiger partial charge in [-0.15, -0.1) is 0 Å². The molecule has 1 N–H and O–H groups in total. The zero-order chi connectivity index (χ0) is 24.2. The molecule has 0 bridgehead atoms. The quantitative estimate of drug-likeness (QED) is 0.328. The summed E-state index contributed by atoms with van der Waals surface area (Å²) in [6.45, 7) is 2.94. The van der Waals surface area contributed by atoms with Crippen LogP contribution in [0, 0.1) is 11.6 Å². The number of methoxy groups -OCH3 is 1. The zero-order valence-corrected chi connectivity index (χ0v) is 19.8. The lowest BCUT2D eigenvalue weighted by molar-refractivity contribution is 0.184. The number of rotatable bonds is 9. The van der Waals surface area contributed by atoms with Gasteiger partial charge in [0.25, 0.3) is 5.56 Å². The first-order valence-electron chi connectivity index (χ1n) is 10.6. The Morgan fingerprint density at radius 2 is 1.88 bits per heavy atom. The number of hydrogen-bond donors (Lipinski definition) is 1. The standard InChI is InChI=1S/C24H24F2N4O3S/c1-4-34-28-16-6-8-21(33-22-7-5-15(25)11-20(22)26)17(12-16)18-13-29(2)24(31)19-14-30(9-10-32-3)27-23(18)19/h5-8,11-14,28H,4,9-10H2,1-3H3. The van der Waals surface area contributed by atoms with E-state index in [0.717, 1.165) is 23.6 Å². The summed E-state index contributed by atoms with van der Waals surface area (Å²) in [6.07, 6.45) is 3.37. The molecule has 2 aromatic heterocycles. The van der Waals surface area contributed by atoms with Gasteiger partial charge in [-0.1, -0.05) is 18.9 Å². The molecule has 4 rings (SSSR count). The molecule has 7 nitrogen and oxygen atoms in total. The van der Waals surface area contributed by atoms with Crippen LogP contribution in [-0.4, -0.2) is 33.8 Å². The number of aromatic nitrogens is 3. The first-order chi connectivity index (χ1) is 16.4. The van der Waals surface area contributed by atoms with Gasteiger partial charge in [-0.2, -0.15) is 5.10 Å². The van der Waals surface area contributed by atoms with Crippen LogP contribution >= 0.6 is 11.9 Å². The van der Waals surface area contributed by atoms with Crippen molar-refractivity contribution in [3.05, 3.63) is 70.8 Å². The molecule has 0 amide bonds. The van der Waals surface area contributed by atoms with E-state index in [2.05, 4.69) is 9.82 Å². The minimum absolute atomic E-state index is 0.113. The summed E-state index contributed by atoms with van der Waals surface area (Å²) >= 11 is 1.52. The lowest BCUT2D eigenvalue weighted by Gasteiger charge is -2.15. The average molecular weight is 487 g/mol. The number of fused-ring (bicyclic) bond motifs is 1. The van der Waals surface area contributed by atoms with E-state index in [4.69, 9.17) is 9.47 Å². The van der Waals surface area contributed by atoms with Gasteiger partial charge in [-0.3, -0.25) is 9.48 Å². The molecule has 0 saturated heterocycles. The van der Waals surface area contributed by atoms with Gasteiger partial charge in [0.05, 0.1) is 18.5 Å². The molecule has 0 unspecified atom stereocenters. The topological polar surface area (TPSA) is 70.3 Å². The third-order valence-electron chi connectivity index (χ3n) is 5.13. The smallest absolute Gasteiger partial charge is 0.261 e. The molecular formula is C24H24F2N4O3S. The fourth-order valence-corrected chi connectivity index (χ4v) is 3.94. The van der Waals surface area contributed by atoms with Gasteiger partial charge in [0, 0.05) is 55.2 Å². The third-order valence-corrected chi connectivity index (χ3v) is 5.80. The Kier molecular flexibility index (Phi) is 7.18. The van der Waals surface area contributed by atoms with E-state index >= 15 is 0 Å². The molecule has 0 aliphatic heterocycles. The number of benzene rings is 2. The minimum Gasteiger partial charge on any atom is -0.454 e. The molecule has 0 aliphatic carbocycles. The average Bonchev–Trinajstić information content (AvgIpc) is 3.25. The van der Waals surface area contributed by atoms with E-state index in [1.54, 1.807) is 43.4 Å². The fraction of sp³-hybridized carbons (Fsp3) is 0.250. The van der Waals surface area contributed by atoms with Crippen LogP contribution in [0.5, 0.6) is 11.5 Å². The molecule has 10 heteroatoms. The summed E-state index contributed by atoms with van der Waals surface area (Å²) in [6, 6.07) is 8.50. The fourth-order valence-electron chi connectivity index (χ4n) is 3.50. The zero-order valence-electron chi connectivity index (χ0n) is 19.0. The maximum absolute atomic E-state index is 14.4. The molecule has 0 atom stereocenters. The number of ether oxygens (including phenoxy) is 2. The highest BCUT2D eigenvalue weighted by molar-refractivity contribution is 8.00. The van der Waals surface area contributed by atoms with Crippen molar-refractivity contribution in [3.63, 3.8) is 0 Å². The van der Waals surface area contributed by atoms with Gasteiger partial charge < -0.3 is 18.8 Å². The second kappa shape index (κ2) is 10.3. The minimum atomic E-state index is -0.816. The summed E-state index contributed by atoms with van der Waals surface area (Å²) < 4.78 is 45.1. The Bertz CT molecular complexity index is 1390. The van der Waals surface area contributed by atoms with Crippen molar-refractivity contribution in [2.45, 2.75) is 13.5 Å². The van der Waals surface area contributed by atoms with Crippen LogP contribution in [-0.2, 0) is 18.3 Å². The second-order valence-electron chi connectivity index (χ2n) is 7.53. The van der Waals surface area contributed by atoms with Crippen molar-refractivity contribution in [1.29, 1.82) is 0 Å². The van der Waals surface area contributed by atoms with E-state index in [1.807, 2.05) is 13.0 Å². The first kappa shape index (κ1) is 23.8. The van der Waals surface area contributed by atoms with Crippen molar-refractivity contribution < 1.29 is 18.3 Å². The summed E-state index contributed by atoms with van der Waals surface area (Å²) in [5.41, 5.74) is 2.34. The second-order valence-corrected chi connectivity index (χ2v) is 8.60. The summed E-state index contributed by atoms with van der Waals surface area (Å²) in [5.74, 6) is -0.434. The summed E-state index contributed by atoms with van der Waals surface area (Å²) in [4.78, 5) is 12.8. The predicted molar refractivity (Wildman–Crippen MR) is 130 cm³/mol. The molecule has 178 valence electrons. The molecule has 0 radical (unpaired) electrons. The Morgan fingerprint density at radius 1 is 1.09 bits per heavy atom. The Labute approximate surface area is 199 Å². The maximum atomic E-state index is 14.4. The van der Waals surface area contributed by atoms with Gasteiger partial charge >= 0.3 is 0 Å². The summed E-state index contributed by atoms with van der Waals surface area (Å²) in [5, 5.41) is 5.06. The number of nitrogens with one attached hydrogen (secondary N) is 1. The van der Waals surface area contributed by atoms with Crippen LogP contribution < -0.4 is 15.0 Å². The number of aryl methyl sites for hydroxylation is 1. The van der Waals surface area contributed by atoms with Gasteiger partial charge in [0.15, 0.2) is 11.6 Å². The Hall–Kier alpha value is -3.37. The Morgan fingerprint density at radius 3 is 2.62 bits per heavy atom. The third kappa shape index (κ3) is 4.92. The maximum Gasteiger partial charge on any atom is 0.261 e. The van der Waals surface area contributed by atoms with E-state index in [0.29, 0.717) is 40.9 Å². The van der Waals surface area contributed by atoms with Crippen molar-refractivity contribution in [3.8, 4) is 22.6 Å². The van der Waals surface area contributed by atoms with Crippen LogP contribution in [0.4, 0.5) is 14.5 Å². The van der Waals surface area contributed by atoms with Crippen LogP contribution in [0.3, 0.4) is 0 Å². The number of anilines is 1. The first-order valence-corrected chi connectivity index (χ1v) is 11.6. The SMILES string of the molecule is CCSNc1ccc(Oc2ccc(F)cc2F)c(-c2cn(C)c(=O)c3cn(CCOC)nc23)c1. The van der Waals surface area contributed by atoms with Crippen molar-refractivity contribution in [2.75, 3.05) is 24.2 Å². The number of pyridine rings is 1. The molecule has 2 aromatic carbocycles. The molecule has 0 saturated carbocycles. The lowest BCUT2D eigenvalue weighted by atomic mass is 10.0. The molecule has 0 spiro atoms. The predicted octanol–water partition coefficient (Wildman–Crippen LogP) is 5.20. The molecule has 34 heavy (non-hydrogen) atoms. The van der Waals surface area contributed by atoms with Crippen molar-refractivity contribution >= 4 is 28.5 Å². The molecule has 2 heterocycles. The number of hydrogen-bond acceptors (Lipinski definition) is 6. The number of nitrogens with zero attached hydrogens (tertiary/aromatic N) is 3. The monoisotopic (exact) mass is 486 g/mol. The van der Waals surface area contributed by atoms with Crippen molar-refractivity contribution in [2.24, 2.45) is 7.05 Å². The normalized spacial score (nSPS) is 11.2. The molecule has 0 aliphatic rings. The van der Waals surface area contributed by atoms with E-state index in [-0.39, 0.29) is 11.3 Å². The van der Waals surface area contributed by atoms with E-state index in [9.17, 15) is 13.6 Å². The highest BCUT2D eigenvalue weighted by atomic mass is 32.2.